The van der Waals surface area contributed by atoms with Gasteiger partial charge in [-0.2, -0.15) is 4.52 Å². The van der Waals surface area contributed by atoms with Crippen LogP contribution >= 0.6 is 0 Å². The molecule has 0 aliphatic heterocycles. The Morgan fingerprint density at radius 1 is 1.12 bits per heavy atom. The molecule has 4 aromatic rings. The minimum absolute atomic E-state index is 0.227. The summed E-state index contributed by atoms with van der Waals surface area (Å²) >= 11 is 0. The van der Waals surface area contributed by atoms with Crippen molar-refractivity contribution >= 4 is 17.6 Å². The van der Waals surface area contributed by atoms with Crippen molar-refractivity contribution in [1.82, 2.24) is 25.1 Å². The van der Waals surface area contributed by atoms with Gasteiger partial charge in [0.05, 0.1) is 13.7 Å². The number of hydrogen-bond acceptors (Lipinski definition) is 6. The fourth-order valence-corrected chi connectivity index (χ4v) is 2.93. The van der Waals surface area contributed by atoms with Gasteiger partial charge < -0.3 is 14.8 Å². The number of carbonyl (C=O) groups excluding carboxylic acids is 1. The average Bonchev–Trinajstić information content (AvgIpc) is 3.25. The van der Waals surface area contributed by atoms with E-state index in [2.05, 4.69) is 20.6 Å². The van der Waals surface area contributed by atoms with E-state index in [0.29, 0.717) is 23.1 Å². The molecule has 0 unspecified atom stereocenters. The lowest BCUT2D eigenvalue weighted by Crippen LogP contribution is -2.26. The SMILES string of the molecule is COc1cccc(-c2nnc3ccc(OCCNC(=O)/C=C/c4ccc(F)cc4)nn23)c1. The normalized spacial score (nSPS) is 11.1. The molecule has 0 spiro atoms. The topological polar surface area (TPSA) is 90.6 Å². The van der Waals surface area contributed by atoms with Gasteiger partial charge in [-0.15, -0.1) is 15.3 Å². The molecule has 9 heteroatoms. The van der Waals surface area contributed by atoms with Gasteiger partial charge in [0.15, 0.2) is 11.5 Å². The number of ether oxygens (including phenoxy) is 2. The maximum absolute atomic E-state index is 12.9. The first kappa shape index (κ1) is 21.0. The first-order valence-electron chi connectivity index (χ1n) is 9.83. The minimum atomic E-state index is -0.322. The summed E-state index contributed by atoms with van der Waals surface area (Å²) in [6, 6.07) is 16.8. The molecular weight excluding hydrogens is 413 g/mol. The van der Waals surface area contributed by atoms with E-state index < -0.39 is 0 Å². The number of benzene rings is 2. The third-order valence-electron chi connectivity index (χ3n) is 4.51. The fraction of sp³-hybridized carbons (Fsp3) is 0.130. The van der Waals surface area contributed by atoms with Crippen molar-refractivity contribution in [3.05, 3.63) is 78.1 Å². The van der Waals surface area contributed by atoms with Crippen LogP contribution in [0.2, 0.25) is 0 Å². The Labute approximate surface area is 183 Å². The number of halogens is 1. The Morgan fingerprint density at radius 3 is 2.78 bits per heavy atom. The zero-order chi connectivity index (χ0) is 22.3. The van der Waals surface area contributed by atoms with E-state index in [0.717, 1.165) is 11.1 Å². The predicted octanol–water partition coefficient (Wildman–Crippen LogP) is 3.15. The molecule has 0 bridgehead atoms. The van der Waals surface area contributed by atoms with Crippen LogP contribution in [0.4, 0.5) is 4.39 Å². The highest BCUT2D eigenvalue weighted by molar-refractivity contribution is 5.91. The van der Waals surface area contributed by atoms with Gasteiger partial charge in [0.2, 0.25) is 11.8 Å². The van der Waals surface area contributed by atoms with Crippen molar-refractivity contribution in [2.24, 2.45) is 0 Å². The van der Waals surface area contributed by atoms with E-state index in [-0.39, 0.29) is 24.9 Å². The molecule has 8 nitrogen and oxygen atoms in total. The monoisotopic (exact) mass is 433 g/mol. The largest absolute Gasteiger partial charge is 0.497 e. The van der Waals surface area contributed by atoms with Crippen molar-refractivity contribution in [1.29, 1.82) is 0 Å². The molecule has 0 saturated carbocycles. The summed E-state index contributed by atoms with van der Waals surface area (Å²) in [5.41, 5.74) is 2.12. The summed E-state index contributed by atoms with van der Waals surface area (Å²) in [5, 5.41) is 15.5. The fourth-order valence-electron chi connectivity index (χ4n) is 2.93. The summed E-state index contributed by atoms with van der Waals surface area (Å²) in [7, 11) is 1.60. The molecule has 32 heavy (non-hydrogen) atoms. The molecule has 0 aliphatic rings. The van der Waals surface area contributed by atoms with Crippen LogP contribution in [0.5, 0.6) is 11.6 Å². The quantitative estimate of drug-likeness (QED) is 0.339. The van der Waals surface area contributed by atoms with Gasteiger partial charge in [-0.25, -0.2) is 4.39 Å². The van der Waals surface area contributed by atoms with Crippen LogP contribution in [0.25, 0.3) is 23.1 Å². The lowest BCUT2D eigenvalue weighted by Gasteiger charge is -2.07. The molecule has 0 saturated heterocycles. The number of amides is 1. The molecular formula is C23H20FN5O3. The zero-order valence-electron chi connectivity index (χ0n) is 17.2. The summed E-state index contributed by atoms with van der Waals surface area (Å²) in [6.45, 7) is 0.516. The van der Waals surface area contributed by atoms with Gasteiger partial charge in [0.1, 0.15) is 18.2 Å². The summed E-state index contributed by atoms with van der Waals surface area (Å²) in [6.07, 6.45) is 2.99. The van der Waals surface area contributed by atoms with Gasteiger partial charge in [0, 0.05) is 17.7 Å². The first-order chi connectivity index (χ1) is 15.6. The standard InChI is InChI=1S/C23H20FN5O3/c1-31-19-4-2-3-17(15-19)23-27-26-20-10-12-22(28-29(20)23)32-14-13-25-21(30)11-7-16-5-8-18(24)9-6-16/h2-12,15H,13-14H2,1H3,(H,25,30)/b11-7+. The van der Waals surface area contributed by atoms with E-state index in [1.165, 1.54) is 18.2 Å². The third-order valence-corrected chi connectivity index (χ3v) is 4.51. The first-order valence-corrected chi connectivity index (χ1v) is 9.83. The Bertz CT molecular complexity index is 1250. The lowest BCUT2D eigenvalue weighted by molar-refractivity contribution is -0.116. The van der Waals surface area contributed by atoms with Gasteiger partial charge in [-0.05, 0) is 42.0 Å². The number of fused-ring (bicyclic) bond motifs is 1. The van der Waals surface area contributed by atoms with Gasteiger partial charge >= 0.3 is 0 Å². The molecule has 2 heterocycles. The third kappa shape index (κ3) is 5.07. The number of carbonyl (C=O) groups is 1. The van der Waals surface area contributed by atoms with Gasteiger partial charge in [-0.1, -0.05) is 24.3 Å². The van der Waals surface area contributed by atoms with E-state index in [1.807, 2.05) is 24.3 Å². The average molecular weight is 433 g/mol. The predicted molar refractivity (Wildman–Crippen MR) is 117 cm³/mol. The highest BCUT2D eigenvalue weighted by Crippen LogP contribution is 2.23. The Morgan fingerprint density at radius 2 is 1.97 bits per heavy atom. The second-order valence-corrected chi connectivity index (χ2v) is 6.72. The highest BCUT2D eigenvalue weighted by Gasteiger charge is 2.11. The Balaban J connectivity index is 1.34. The molecule has 0 radical (unpaired) electrons. The van der Waals surface area contributed by atoms with Gasteiger partial charge in [0.25, 0.3) is 0 Å². The second kappa shape index (κ2) is 9.69. The van der Waals surface area contributed by atoms with Crippen molar-refractivity contribution in [3.8, 4) is 23.0 Å². The minimum Gasteiger partial charge on any atom is -0.497 e. The highest BCUT2D eigenvalue weighted by atomic mass is 19.1. The Kier molecular flexibility index (Phi) is 6.35. The van der Waals surface area contributed by atoms with Crippen molar-refractivity contribution in [2.75, 3.05) is 20.3 Å². The van der Waals surface area contributed by atoms with E-state index in [9.17, 15) is 9.18 Å². The van der Waals surface area contributed by atoms with Crippen molar-refractivity contribution in [3.63, 3.8) is 0 Å². The molecule has 0 atom stereocenters. The molecule has 2 aromatic heterocycles. The van der Waals surface area contributed by atoms with Crippen LogP contribution in [0.15, 0.2) is 66.7 Å². The second-order valence-electron chi connectivity index (χ2n) is 6.72. The van der Waals surface area contributed by atoms with Gasteiger partial charge in [-0.3, -0.25) is 4.79 Å². The van der Waals surface area contributed by atoms with Crippen LogP contribution in [0, 0.1) is 5.82 Å². The van der Waals surface area contributed by atoms with Crippen LogP contribution < -0.4 is 14.8 Å². The van der Waals surface area contributed by atoms with E-state index >= 15 is 0 Å². The summed E-state index contributed by atoms with van der Waals surface area (Å²) < 4.78 is 25.4. The molecule has 0 fully saturated rings. The van der Waals surface area contributed by atoms with Crippen LogP contribution in [0.3, 0.4) is 0 Å². The van der Waals surface area contributed by atoms with E-state index in [1.54, 1.807) is 42.0 Å². The number of aromatic nitrogens is 4. The number of nitrogens with one attached hydrogen (secondary N) is 1. The zero-order valence-corrected chi connectivity index (χ0v) is 17.2. The van der Waals surface area contributed by atoms with Crippen LogP contribution in [-0.4, -0.2) is 46.0 Å². The molecule has 162 valence electrons. The van der Waals surface area contributed by atoms with Crippen LogP contribution in [-0.2, 0) is 4.79 Å². The number of nitrogens with zero attached hydrogens (tertiary/aromatic N) is 4. The van der Waals surface area contributed by atoms with Crippen LogP contribution in [0.1, 0.15) is 5.56 Å². The summed E-state index contributed by atoms with van der Waals surface area (Å²) in [4.78, 5) is 11.9. The van der Waals surface area contributed by atoms with Crippen molar-refractivity contribution in [2.45, 2.75) is 0 Å². The molecule has 4 rings (SSSR count). The maximum Gasteiger partial charge on any atom is 0.244 e. The maximum atomic E-state index is 12.9. The molecule has 0 aliphatic carbocycles. The number of hydrogen-bond donors (Lipinski definition) is 1. The molecule has 1 amide bonds. The number of methoxy groups -OCH3 is 1. The van der Waals surface area contributed by atoms with E-state index in [4.69, 9.17) is 9.47 Å². The molecule has 2 aromatic carbocycles. The smallest absolute Gasteiger partial charge is 0.244 e. The summed E-state index contributed by atoms with van der Waals surface area (Å²) in [5.74, 6) is 1.04. The Hall–Kier alpha value is -4.27. The van der Waals surface area contributed by atoms with Crippen molar-refractivity contribution < 1.29 is 18.7 Å². The molecule has 1 N–H and O–H groups in total. The number of rotatable bonds is 8. The lowest BCUT2D eigenvalue weighted by atomic mass is 10.2.